The van der Waals surface area contributed by atoms with Crippen LogP contribution >= 0.6 is 0 Å². The number of anilines is 2. The Bertz CT molecular complexity index is 413. The topological polar surface area (TPSA) is 79.3 Å². The predicted octanol–water partition coefficient (Wildman–Crippen LogP) is 2.23. The molecule has 0 radical (unpaired) electrons. The summed E-state index contributed by atoms with van der Waals surface area (Å²) in [4.78, 5) is 9.02. The van der Waals surface area contributed by atoms with Crippen molar-refractivity contribution in [3.05, 3.63) is 11.9 Å². The quantitative estimate of drug-likeness (QED) is 0.614. The third kappa shape index (κ3) is 6.73. The van der Waals surface area contributed by atoms with Crippen LogP contribution in [0.15, 0.2) is 6.07 Å². The second-order valence-corrected chi connectivity index (χ2v) is 5.40. The molecule has 120 valence electrons. The highest BCUT2D eigenvalue weighted by Crippen LogP contribution is 2.17. The molecule has 0 aliphatic rings. The highest BCUT2D eigenvalue weighted by atomic mass is 16.5. The van der Waals surface area contributed by atoms with Crippen molar-refractivity contribution >= 4 is 11.6 Å². The van der Waals surface area contributed by atoms with Crippen LogP contribution in [0.1, 0.15) is 45.4 Å². The zero-order valence-electron chi connectivity index (χ0n) is 13.5. The van der Waals surface area contributed by atoms with E-state index in [2.05, 4.69) is 41.4 Å². The summed E-state index contributed by atoms with van der Waals surface area (Å²) in [5.74, 6) is 2.72. The Balaban J connectivity index is 2.64. The molecule has 3 N–H and O–H groups in total. The van der Waals surface area contributed by atoms with Crippen LogP contribution in [0.5, 0.6) is 0 Å². The number of ether oxygens (including phenoxy) is 1. The summed E-state index contributed by atoms with van der Waals surface area (Å²) in [7, 11) is 1.58. The van der Waals surface area contributed by atoms with Gasteiger partial charge in [-0.2, -0.15) is 0 Å². The maximum atomic E-state index is 9.63. The van der Waals surface area contributed by atoms with Crippen LogP contribution in [0.3, 0.4) is 0 Å². The second-order valence-electron chi connectivity index (χ2n) is 5.40. The molecule has 0 saturated heterocycles. The average Bonchev–Trinajstić information content (AvgIpc) is 2.45. The van der Waals surface area contributed by atoms with E-state index in [1.165, 1.54) is 0 Å². The van der Waals surface area contributed by atoms with Crippen molar-refractivity contribution in [1.82, 2.24) is 9.97 Å². The van der Waals surface area contributed by atoms with Gasteiger partial charge in [-0.3, -0.25) is 0 Å². The van der Waals surface area contributed by atoms with E-state index < -0.39 is 6.10 Å². The normalized spacial score (nSPS) is 12.5. The Hall–Kier alpha value is -1.40. The molecule has 0 spiro atoms. The van der Waals surface area contributed by atoms with Gasteiger partial charge >= 0.3 is 0 Å². The molecule has 0 fully saturated rings. The summed E-state index contributed by atoms with van der Waals surface area (Å²) in [6.45, 7) is 8.16. The molecule has 1 heterocycles. The van der Waals surface area contributed by atoms with E-state index in [-0.39, 0.29) is 5.92 Å². The molecule has 21 heavy (non-hydrogen) atoms. The Kier molecular flexibility index (Phi) is 8.00. The van der Waals surface area contributed by atoms with E-state index in [1.54, 1.807) is 7.11 Å². The molecule has 0 aromatic carbocycles. The molecule has 0 saturated carbocycles. The first-order valence-electron chi connectivity index (χ1n) is 7.60. The molecule has 1 atom stereocenters. The molecule has 1 rings (SSSR count). The van der Waals surface area contributed by atoms with E-state index in [9.17, 15) is 5.11 Å². The highest BCUT2D eigenvalue weighted by molar-refractivity contribution is 5.47. The molecule has 0 aliphatic carbocycles. The van der Waals surface area contributed by atoms with Crippen molar-refractivity contribution in [2.45, 2.75) is 45.6 Å². The summed E-state index contributed by atoms with van der Waals surface area (Å²) in [5.41, 5.74) is 0. The van der Waals surface area contributed by atoms with Gasteiger partial charge in [0.1, 0.15) is 17.5 Å². The number of aromatic nitrogens is 2. The van der Waals surface area contributed by atoms with E-state index in [0.717, 1.165) is 30.4 Å². The first kappa shape index (κ1) is 17.7. The van der Waals surface area contributed by atoms with Gasteiger partial charge in [-0.25, -0.2) is 9.97 Å². The molecular formula is C15H28N4O2. The lowest BCUT2D eigenvalue weighted by Gasteiger charge is -2.14. The summed E-state index contributed by atoms with van der Waals surface area (Å²) in [6, 6.07) is 1.91. The minimum Gasteiger partial charge on any atom is -0.391 e. The summed E-state index contributed by atoms with van der Waals surface area (Å²) in [6.07, 6.45) is 1.21. The lowest BCUT2D eigenvalue weighted by atomic mass is 10.2. The van der Waals surface area contributed by atoms with Gasteiger partial charge in [-0.05, 0) is 12.8 Å². The van der Waals surface area contributed by atoms with Gasteiger partial charge in [0, 0.05) is 32.2 Å². The fraction of sp³-hybridized carbons (Fsp3) is 0.733. The van der Waals surface area contributed by atoms with E-state index in [0.29, 0.717) is 19.6 Å². The number of hydrogen-bond acceptors (Lipinski definition) is 6. The first-order valence-corrected chi connectivity index (χ1v) is 7.60. The summed E-state index contributed by atoms with van der Waals surface area (Å²) < 4.78 is 4.91. The van der Waals surface area contributed by atoms with Gasteiger partial charge in [0.05, 0.1) is 12.7 Å². The van der Waals surface area contributed by atoms with Crippen molar-refractivity contribution in [2.24, 2.45) is 0 Å². The van der Waals surface area contributed by atoms with Crippen molar-refractivity contribution < 1.29 is 9.84 Å². The van der Waals surface area contributed by atoms with E-state index in [1.807, 2.05) is 6.07 Å². The van der Waals surface area contributed by atoms with Crippen LogP contribution in [0.25, 0.3) is 0 Å². The monoisotopic (exact) mass is 296 g/mol. The number of aliphatic hydroxyl groups excluding tert-OH is 1. The Morgan fingerprint density at radius 3 is 2.33 bits per heavy atom. The third-order valence-corrected chi connectivity index (χ3v) is 2.96. The number of hydrogen-bond donors (Lipinski definition) is 3. The lowest BCUT2D eigenvalue weighted by molar-refractivity contribution is 0.0615. The zero-order chi connectivity index (χ0) is 15.7. The average molecular weight is 296 g/mol. The number of rotatable bonds is 10. The fourth-order valence-corrected chi connectivity index (χ4v) is 1.80. The van der Waals surface area contributed by atoms with Gasteiger partial charge in [0.2, 0.25) is 0 Å². The van der Waals surface area contributed by atoms with E-state index >= 15 is 0 Å². The molecule has 0 bridgehead atoms. The van der Waals surface area contributed by atoms with Gasteiger partial charge in [-0.1, -0.05) is 20.8 Å². The van der Waals surface area contributed by atoms with Gasteiger partial charge in [0.25, 0.3) is 0 Å². The molecule has 1 unspecified atom stereocenters. The number of nitrogens with zero attached hydrogens (tertiary/aromatic N) is 2. The third-order valence-electron chi connectivity index (χ3n) is 2.96. The standard InChI is InChI=1S/C15H28N4O2/c1-5-7-16-13-9-14(19-15(18-13)11(2)3)17-8-6-12(20)10-21-4/h9,11-12,20H,5-8,10H2,1-4H3,(H2,16,17,18,19). The summed E-state index contributed by atoms with van der Waals surface area (Å²) in [5, 5.41) is 16.2. The Morgan fingerprint density at radius 1 is 1.19 bits per heavy atom. The molecule has 0 aliphatic heterocycles. The van der Waals surface area contributed by atoms with Crippen molar-refractivity contribution in [3.63, 3.8) is 0 Å². The number of aliphatic hydroxyl groups is 1. The minimum atomic E-state index is -0.452. The van der Waals surface area contributed by atoms with Crippen LogP contribution in [-0.2, 0) is 4.74 Å². The zero-order valence-corrected chi connectivity index (χ0v) is 13.5. The van der Waals surface area contributed by atoms with Crippen LogP contribution in [0, 0.1) is 0 Å². The van der Waals surface area contributed by atoms with Crippen LogP contribution in [0.4, 0.5) is 11.6 Å². The maximum Gasteiger partial charge on any atom is 0.135 e. The molecule has 6 heteroatoms. The van der Waals surface area contributed by atoms with Crippen LogP contribution in [-0.4, -0.2) is 48.0 Å². The molecule has 6 nitrogen and oxygen atoms in total. The van der Waals surface area contributed by atoms with Crippen LogP contribution in [0.2, 0.25) is 0 Å². The highest BCUT2D eigenvalue weighted by Gasteiger charge is 2.08. The number of nitrogens with one attached hydrogen (secondary N) is 2. The molecule has 0 amide bonds. The first-order chi connectivity index (χ1) is 10.1. The summed E-state index contributed by atoms with van der Waals surface area (Å²) >= 11 is 0. The molecular weight excluding hydrogens is 268 g/mol. The van der Waals surface area contributed by atoms with Crippen molar-refractivity contribution in [1.29, 1.82) is 0 Å². The number of methoxy groups -OCH3 is 1. The minimum absolute atomic E-state index is 0.271. The van der Waals surface area contributed by atoms with Crippen molar-refractivity contribution in [2.75, 3.05) is 37.4 Å². The molecule has 1 aromatic heterocycles. The van der Waals surface area contributed by atoms with Gasteiger partial charge in [0.15, 0.2) is 0 Å². The Morgan fingerprint density at radius 2 is 1.81 bits per heavy atom. The van der Waals surface area contributed by atoms with Crippen molar-refractivity contribution in [3.8, 4) is 0 Å². The van der Waals surface area contributed by atoms with Gasteiger partial charge < -0.3 is 20.5 Å². The van der Waals surface area contributed by atoms with E-state index in [4.69, 9.17) is 4.74 Å². The fourth-order valence-electron chi connectivity index (χ4n) is 1.80. The SMILES string of the molecule is CCCNc1cc(NCCC(O)COC)nc(C(C)C)n1. The van der Waals surface area contributed by atoms with Crippen LogP contribution < -0.4 is 10.6 Å². The smallest absolute Gasteiger partial charge is 0.135 e. The van der Waals surface area contributed by atoms with Gasteiger partial charge in [-0.15, -0.1) is 0 Å². The second kappa shape index (κ2) is 9.52. The predicted molar refractivity (Wildman–Crippen MR) is 85.9 cm³/mol. The maximum absolute atomic E-state index is 9.63. The largest absolute Gasteiger partial charge is 0.391 e. The lowest BCUT2D eigenvalue weighted by Crippen LogP contribution is -2.19. The Labute approximate surface area is 127 Å². The molecule has 1 aromatic rings.